The summed E-state index contributed by atoms with van der Waals surface area (Å²) in [6.45, 7) is 3.85. The molecule has 32 heavy (non-hydrogen) atoms. The van der Waals surface area contributed by atoms with Gasteiger partial charge in [-0.25, -0.2) is 0 Å². The molecule has 168 valence electrons. The number of amides is 2. The Morgan fingerprint density at radius 3 is 2.59 bits per heavy atom. The predicted molar refractivity (Wildman–Crippen MR) is 129 cm³/mol. The number of carbonyl (C=O) groups is 2. The second-order valence-corrected chi connectivity index (χ2v) is 8.83. The number of halogens is 2. The van der Waals surface area contributed by atoms with Crippen LogP contribution in [0.15, 0.2) is 47.6 Å². The third-order valence-electron chi connectivity index (χ3n) is 4.79. The van der Waals surface area contributed by atoms with Crippen molar-refractivity contribution in [2.24, 2.45) is 7.05 Å². The Hall–Kier alpha value is -2.55. The van der Waals surface area contributed by atoms with Gasteiger partial charge in [0.05, 0.1) is 21.8 Å². The first-order valence-electron chi connectivity index (χ1n) is 9.95. The monoisotopic (exact) mass is 491 g/mol. The zero-order valence-electron chi connectivity index (χ0n) is 17.9. The van der Waals surface area contributed by atoms with Gasteiger partial charge in [-0.1, -0.05) is 60.1 Å². The van der Waals surface area contributed by atoms with Crippen LogP contribution in [0.5, 0.6) is 0 Å². The maximum Gasteiger partial charge on any atom is 0.251 e. The van der Waals surface area contributed by atoms with Crippen LogP contribution in [-0.4, -0.2) is 32.3 Å². The standard InChI is InChI=1S/C22H23Cl2N5O2S/c1-4-14-7-5-6-8-18(14)26-19(30)12-32-22-28-27-20(29(22)3)13(2)25-21(31)15-9-10-16(23)17(24)11-15/h5-11,13H,4,12H2,1-3H3,(H,25,31)(H,26,30)/t13-/m0/s1. The lowest BCUT2D eigenvalue weighted by atomic mass is 10.1. The Morgan fingerprint density at radius 2 is 1.88 bits per heavy atom. The van der Waals surface area contributed by atoms with Crippen LogP contribution in [0.25, 0.3) is 0 Å². The number of aromatic nitrogens is 3. The SMILES string of the molecule is CCc1ccccc1NC(=O)CSc1nnc([C@H](C)NC(=O)c2ccc(Cl)c(Cl)c2)n1C. The molecule has 0 aliphatic carbocycles. The average Bonchev–Trinajstić information content (AvgIpc) is 3.14. The number of rotatable bonds is 8. The summed E-state index contributed by atoms with van der Waals surface area (Å²) in [5, 5.41) is 15.4. The molecule has 2 N–H and O–H groups in total. The largest absolute Gasteiger partial charge is 0.342 e. The van der Waals surface area contributed by atoms with E-state index in [4.69, 9.17) is 23.2 Å². The highest BCUT2D eigenvalue weighted by Crippen LogP contribution is 2.24. The Balaban J connectivity index is 1.60. The van der Waals surface area contributed by atoms with Crippen molar-refractivity contribution in [3.8, 4) is 0 Å². The van der Waals surface area contributed by atoms with Crippen molar-refractivity contribution in [3.63, 3.8) is 0 Å². The number of hydrogen-bond donors (Lipinski definition) is 2. The molecular weight excluding hydrogens is 469 g/mol. The van der Waals surface area contributed by atoms with Crippen LogP contribution in [0.3, 0.4) is 0 Å². The summed E-state index contributed by atoms with van der Waals surface area (Å²) in [4.78, 5) is 24.9. The molecule has 0 saturated carbocycles. The van der Waals surface area contributed by atoms with E-state index >= 15 is 0 Å². The molecule has 0 radical (unpaired) electrons. The molecule has 10 heteroatoms. The van der Waals surface area contributed by atoms with E-state index in [1.54, 1.807) is 23.7 Å². The van der Waals surface area contributed by atoms with Crippen molar-refractivity contribution < 1.29 is 9.59 Å². The van der Waals surface area contributed by atoms with E-state index in [9.17, 15) is 9.59 Å². The van der Waals surface area contributed by atoms with Gasteiger partial charge in [-0.2, -0.15) is 0 Å². The van der Waals surface area contributed by atoms with Crippen LogP contribution in [0.1, 0.15) is 41.6 Å². The van der Waals surface area contributed by atoms with Crippen LogP contribution < -0.4 is 10.6 Å². The van der Waals surface area contributed by atoms with Crippen LogP contribution in [0.4, 0.5) is 5.69 Å². The quantitative estimate of drug-likeness (QED) is 0.437. The summed E-state index contributed by atoms with van der Waals surface area (Å²) in [6, 6.07) is 12.0. The van der Waals surface area contributed by atoms with Crippen molar-refractivity contribution in [3.05, 3.63) is 69.5 Å². The van der Waals surface area contributed by atoms with E-state index in [0.29, 0.717) is 26.6 Å². The minimum atomic E-state index is -0.408. The summed E-state index contributed by atoms with van der Waals surface area (Å²) >= 11 is 13.2. The second kappa shape index (κ2) is 10.8. The van der Waals surface area contributed by atoms with Gasteiger partial charge in [-0.15, -0.1) is 10.2 Å². The summed E-state index contributed by atoms with van der Waals surface area (Å²) in [5.41, 5.74) is 2.29. The molecule has 0 unspecified atom stereocenters. The second-order valence-electron chi connectivity index (χ2n) is 7.07. The highest BCUT2D eigenvalue weighted by Gasteiger charge is 2.19. The van der Waals surface area contributed by atoms with E-state index in [2.05, 4.69) is 20.8 Å². The maximum absolute atomic E-state index is 12.5. The van der Waals surface area contributed by atoms with Gasteiger partial charge in [0.2, 0.25) is 5.91 Å². The molecule has 1 heterocycles. The highest BCUT2D eigenvalue weighted by molar-refractivity contribution is 7.99. The highest BCUT2D eigenvalue weighted by atomic mass is 35.5. The fraction of sp³-hybridized carbons (Fsp3) is 0.273. The number of nitrogens with zero attached hydrogens (tertiary/aromatic N) is 3. The van der Waals surface area contributed by atoms with Crippen LogP contribution in [-0.2, 0) is 18.3 Å². The smallest absolute Gasteiger partial charge is 0.251 e. The van der Waals surface area contributed by atoms with Crippen LogP contribution in [0.2, 0.25) is 10.0 Å². The number of hydrogen-bond acceptors (Lipinski definition) is 5. The fourth-order valence-electron chi connectivity index (χ4n) is 3.08. The Bertz CT molecular complexity index is 1140. The average molecular weight is 492 g/mol. The van der Waals surface area contributed by atoms with Gasteiger partial charge in [0.1, 0.15) is 0 Å². The Morgan fingerprint density at radius 1 is 1.12 bits per heavy atom. The van der Waals surface area contributed by atoms with Crippen molar-refractivity contribution in [2.45, 2.75) is 31.5 Å². The molecule has 2 amide bonds. The first-order chi connectivity index (χ1) is 15.3. The summed E-state index contributed by atoms with van der Waals surface area (Å²) in [7, 11) is 1.80. The van der Waals surface area contributed by atoms with Crippen molar-refractivity contribution in [1.82, 2.24) is 20.1 Å². The molecule has 0 saturated heterocycles. The summed E-state index contributed by atoms with van der Waals surface area (Å²) < 4.78 is 1.76. The summed E-state index contributed by atoms with van der Waals surface area (Å²) in [5.74, 6) is 0.329. The first kappa shape index (κ1) is 24.1. The lowest BCUT2D eigenvalue weighted by molar-refractivity contribution is -0.113. The van der Waals surface area contributed by atoms with Crippen LogP contribution in [0, 0.1) is 0 Å². The van der Waals surface area contributed by atoms with E-state index < -0.39 is 6.04 Å². The van der Waals surface area contributed by atoms with Gasteiger partial charge in [-0.3, -0.25) is 9.59 Å². The molecular formula is C22H23Cl2N5O2S. The third kappa shape index (κ3) is 5.82. The fourth-order valence-corrected chi connectivity index (χ4v) is 4.09. The van der Waals surface area contributed by atoms with E-state index in [1.165, 1.54) is 17.8 Å². The normalized spacial score (nSPS) is 11.8. The number of nitrogens with one attached hydrogen (secondary N) is 2. The van der Waals surface area contributed by atoms with Gasteiger partial charge < -0.3 is 15.2 Å². The molecule has 0 aliphatic heterocycles. The number of anilines is 1. The van der Waals surface area contributed by atoms with Gasteiger partial charge in [0.25, 0.3) is 5.91 Å². The van der Waals surface area contributed by atoms with Gasteiger partial charge in [-0.05, 0) is 43.2 Å². The number of thioether (sulfide) groups is 1. The lowest BCUT2D eigenvalue weighted by Gasteiger charge is -2.14. The number of carbonyl (C=O) groups excluding carboxylic acids is 2. The van der Waals surface area contributed by atoms with Gasteiger partial charge in [0.15, 0.2) is 11.0 Å². The predicted octanol–water partition coefficient (Wildman–Crippen LogP) is 4.91. The van der Waals surface area contributed by atoms with Crippen LogP contribution >= 0.6 is 35.0 Å². The number of benzene rings is 2. The molecule has 0 bridgehead atoms. The number of para-hydroxylation sites is 1. The molecule has 0 spiro atoms. The Labute approximate surface area is 200 Å². The topological polar surface area (TPSA) is 88.9 Å². The van der Waals surface area contributed by atoms with Crippen molar-refractivity contribution in [1.29, 1.82) is 0 Å². The van der Waals surface area contributed by atoms with Gasteiger partial charge >= 0.3 is 0 Å². The zero-order valence-corrected chi connectivity index (χ0v) is 20.2. The van der Waals surface area contributed by atoms with E-state index in [0.717, 1.165) is 17.7 Å². The first-order valence-corrected chi connectivity index (χ1v) is 11.7. The molecule has 0 aliphatic rings. The van der Waals surface area contributed by atoms with E-state index in [1.807, 2.05) is 38.1 Å². The molecule has 3 rings (SSSR count). The zero-order chi connectivity index (χ0) is 23.3. The minimum Gasteiger partial charge on any atom is -0.342 e. The van der Waals surface area contributed by atoms with Gasteiger partial charge in [0, 0.05) is 18.3 Å². The van der Waals surface area contributed by atoms with Crippen molar-refractivity contribution >= 4 is 52.5 Å². The molecule has 0 fully saturated rings. The minimum absolute atomic E-state index is 0.124. The lowest BCUT2D eigenvalue weighted by Crippen LogP contribution is -2.28. The molecule has 7 nitrogen and oxygen atoms in total. The Kier molecular flexibility index (Phi) is 8.17. The molecule has 2 aromatic carbocycles. The van der Waals surface area contributed by atoms with Crippen molar-refractivity contribution in [2.75, 3.05) is 11.1 Å². The molecule has 1 aromatic heterocycles. The third-order valence-corrected chi connectivity index (χ3v) is 6.55. The number of aryl methyl sites for hydroxylation is 1. The molecule has 1 atom stereocenters. The van der Waals surface area contributed by atoms with E-state index in [-0.39, 0.29) is 17.6 Å². The summed E-state index contributed by atoms with van der Waals surface area (Å²) in [6.07, 6.45) is 0.835. The maximum atomic E-state index is 12.5. The molecule has 3 aromatic rings.